The molecule has 0 aliphatic carbocycles. The van der Waals surface area contributed by atoms with Gasteiger partial charge in [0.15, 0.2) is 0 Å². The topological polar surface area (TPSA) is 41.1 Å². The van der Waals surface area contributed by atoms with Crippen molar-refractivity contribution in [1.82, 2.24) is 20.2 Å². The molecule has 2 rings (SSSR count). The minimum Gasteiger partial charge on any atom is -0.309 e. The number of aromatic nitrogens is 2. The summed E-state index contributed by atoms with van der Waals surface area (Å²) in [5.41, 5.74) is 3.73. The lowest BCUT2D eigenvalue weighted by Gasteiger charge is -2.11. The molecule has 0 bridgehead atoms. The van der Waals surface area contributed by atoms with Gasteiger partial charge in [0.05, 0.1) is 11.4 Å². The van der Waals surface area contributed by atoms with E-state index in [0.29, 0.717) is 0 Å². The second-order valence-corrected chi connectivity index (χ2v) is 4.30. The van der Waals surface area contributed by atoms with Gasteiger partial charge in [-0.2, -0.15) is 0 Å². The van der Waals surface area contributed by atoms with Crippen molar-refractivity contribution in [3.05, 3.63) is 22.8 Å². The van der Waals surface area contributed by atoms with Crippen molar-refractivity contribution in [2.24, 2.45) is 0 Å². The number of likely N-dealkylation sites (N-methyl/N-ethyl adjacent to an activating group) is 1. The van der Waals surface area contributed by atoms with Crippen molar-refractivity contribution < 1.29 is 0 Å². The lowest BCUT2D eigenvalue weighted by atomic mass is 10.1. The normalized spacial score (nSPS) is 14.7. The number of nitrogens with zero attached hydrogens (tertiary/aromatic N) is 3. The third-order valence-electron chi connectivity index (χ3n) is 2.68. The van der Waals surface area contributed by atoms with Crippen LogP contribution < -0.4 is 5.32 Å². The zero-order chi connectivity index (χ0) is 10.8. The molecule has 1 aromatic heterocycles. The summed E-state index contributed by atoms with van der Waals surface area (Å²) in [6, 6.07) is 0. The molecule has 1 aliphatic rings. The van der Waals surface area contributed by atoms with Crippen molar-refractivity contribution in [3.63, 3.8) is 0 Å². The molecule has 0 radical (unpaired) electrons. The first-order chi connectivity index (χ1) is 7.16. The highest BCUT2D eigenvalue weighted by Crippen LogP contribution is 2.17. The van der Waals surface area contributed by atoms with E-state index in [9.17, 15) is 0 Å². The van der Waals surface area contributed by atoms with Crippen LogP contribution in [-0.4, -0.2) is 35.5 Å². The van der Waals surface area contributed by atoms with Crippen LogP contribution in [0.4, 0.5) is 0 Å². The Hall–Kier alpha value is -1.00. The number of rotatable bonds is 3. The molecule has 4 nitrogen and oxygen atoms in total. The van der Waals surface area contributed by atoms with Gasteiger partial charge in [-0.1, -0.05) is 0 Å². The summed E-state index contributed by atoms with van der Waals surface area (Å²) in [6.45, 7) is 4.84. The Bertz CT molecular complexity index is 360. The fourth-order valence-electron chi connectivity index (χ4n) is 1.91. The van der Waals surface area contributed by atoms with Crippen LogP contribution in [0.5, 0.6) is 0 Å². The highest BCUT2D eigenvalue weighted by molar-refractivity contribution is 5.29. The molecular formula is C11H18N4. The minimum absolute atomic E-state index is 0.895. The van der Waals surface area contributed by atoms with Gasteiger partial charge in [0, 0.05) is 31.6 Å². The third kappa shape index (κ3) is 2.33. The van der Waals surface area contributed by atoms with E-state index in [1.807, 2.05) is 6.92 Å². The van der Waals surface area contributed by atoms with Crippen molar-refractivity contribution in [1.29, 1.82) is 0 Å². The second-order valence-electron chi connectivity index (χ2n) is 4.30. The van der Waals surface area contributed by atoms with Gasteiger partial charge >= 0.3 is 0 Å². The van der Waals surface area contributed by atoms with Crippen molar-refractivity contribution in [2.75, 3.05) is 20.6 Å². The van der Waals surface area contributed by atoms with E-state index in [1.54, 1.807) is 0 Å². The van der Waals surface area contributed by atoms with Gasteiger partial charge in [-0.25, -0.2) is 9.97 Å². The van der Waals surface area contributed by atoms with Gasteiger partial charge in [-0.05, 0) is 21.0 Å². The second kappa shape index (κ2) is 4.24. The molecule has 0 amide bonds. The predicted molar refractivity (Wildman–Crippen MR) is 59.6 cm³/mol. The first-order valence-electron chi connectivity index (χ1n) is 5.37. The Morgan fingerprint density at radius 2 is 2.07 bits per heavy atom. The van der Waals surface area contributed by atoms with Gasteiger partial charge in [0.25, 0.3) is 0 Å². The maximum atomic E-state index is 4.54. The molecule has 15 heavy (non-hydrogen) atoms. The molecule has 0 saturated carbocycles. The number of fused-ring (bicyclic) bond motifs is 1. The van der Waals surface area contributed by atoms with Crippen molar-refractivity contribution in [2.45, 2.75) is 26.4 Å². The number of aryl methyl sites for hydroxylation is 1. The Morgan fingerprint density at radius 1 is 1.27 bits per heavy atom. The smallest absolute Gasteiger partial charge is 0.125 e. The van der Waals surface area contributed by atoms with Gasteiger partial charge in [0.2, 0.25) is 0 Å². The van der Waals surface area contributed by atoms with Crippen LogP contribution in [0.2, 0.25) is 0 Å². The molecule has 0 atom stereocenters. The largest absolute Gasteiger partial charge is 0.309 e. The SMILES string of the molecule is Cc1nc(CCN(C)C)c2c(n1)CNC2. The van der Waals surface area contributed by atoms with Crippen LogP contribution in [0, 0.1) is 6.92 Å². The quantitative estimate of drug-likeness (QED) is 0.781. The first kappa shape index (κ1) is 10.5. The summed E-state index contributed by atoms with van der Waals surface area (Å²) < 4.78 is 0. The Balaban J connectivity index is 2.22. The van der Waals surface area contributed by atoms with Crippen LogP contribution in [-0.2, 0) is 19.5 Å². The molecule has 0 spiro atoms. The van der Waals surface area contributed by atoms with E-state index in [0.717, 1.165) is 31.9 Å². The molecule has 4 heteroatoms. The van der Waals surface area contributed by atoms with E-state index >= 15 is 0 Å². The van der Waals surface area contributed by atoms with Crippen LogP contribution in [0.1, 0.15) is 22.8 Å². The van der Waals surface area contributed by atoms with Crippen molar-refractivity contribution in [3.8, 4) is 0 Å². The van der Waals surface area contributed by atoms with E-state index in [2.05, 4.69) is 34.3 Å². The number of hydrogen-bond acceptors (Lipinski definition) is 4. The molecule has 2 heterocycles. The molecule has 0 fully saturated rings. The summed E-state index contributed by atoms with van der Waals surface area (Å²) in [4.78, 5) is 11.2. The predicted octanol–water partition coefficient (Wildman–Crippen LogP) is 0.492. The Kier molecular flexibility index (Phi) is 2.98. The van der Waals surface area contributed by atoms with E-state index in [-0.39, 0.29) is 0 Å². The molecule has 1 aliphatic heterocycles. The molecule has 0 saturated heterocycles. The molecule has 0 unspecified atom stereocenters. The van der Waals surface area contributed by atoms with Crippen molar-refractivity contribution >= 4 is 0 Å². The summed E-state index contributed by atoms with van der Waals surface area (Å²) in [7, 11) is 4.18. The van der Waals surface area contributed by atoms with Gasteiger partial charge in [-0.15, -0.1) is 0 Å². The molecule has 1 N–H and O–H groups in total. The van der Waals surface area contributed by atoms with Crippen LogP contribution >= 0.6 is 0 Å². The first-order valence-corrected chi connectivity index (χ1v) is 5.37. The minimum atomic E-state index is 0.895. The third-order valence-corrected chi connectivity index (χ3v) is 2.68. The summed E-state index contributed by atoms with van der Waals surface area (Å²) >= 11 is 0. The highest BCUT2D eigenvalue weighted by Gasteiger charge is 2.17. The number of nitrogens with one attached hydrogen (secondary N) is 1. The van der Waals surface area contributed by atoms with E-state index in [4.69, 9.17) is 0 Å². The van der Waals surface area contributed by atoms with Gasteiger partial charge in [-0.3, -0.25) is 0 Å². The van der Waals surface area contributed by atoms with Gasteiger partial charge in [0.1, 0.15) is 5.82 Å². The van der Waals surface area contributed by atoms with Crippen LogP contribution in [0.3, 0.4) is 0 Å². The highest BCUT2D eigenvalue weighted by atomic mass is 15.1. The summed E-state index contributed by atoms with van der Waals surface area (Å²) in [5, 5.41) is 3.33. The molecular weight excluding hydrogens is 188 g/mol. The summed E-state index contributed by atoms with van der Waals surface area (Å²) in [5.74, 6) is 0.895. The maximum absolute atomic E-state index is 4.54. The van der Waals surface area contributed by atoms with E-state index < -0.39 is 0 Å². The number of hydrogen-bond donors (Lipinski definition) is 1. The zero-order valence-electron chi connectivity index (χ0n) is 9.67. The average molecular weight is 206 g/mol. The fraction of sp³-hybridized carbons (Fsp3) is 0.636. The fourth-order valence-corrected chi connectivity index (χ4v) is 1.91. The average Bonchev–Trinajstić information content (AvgIpc) is 2.61. The molecule has 82 valence electrons. The maximum Gasteiger partial charge on any atom is 0.125 e. The lowest BCUT2D eigenvalue weighted by molar-refractivity contribution is 0.411. The molecule has 0 aromatic carbocycles. The monoisotopic (exact) mass is 206 g/mol. The Morgan fingerprint density at radius 3 is 2.80 bits per heavy atom. The standard InChI is InChI=1S/C11H18N4/c1-8-13-10(4-5-15(2)3)9-6-12-7-11(9)14-8/h12H,4-7H2,1-3H3. The summed E-state index contributed by atoms with van der Waals surface area (Å²) in [6.07, 6.45) is 1.01. The molecule has 1 aromatic rings. The van der Waals surface area contributed by atoms with E-state index in [1.165, 1.54) is 17.0 Å². The van der Waals surface area contributed by atoms with Crippen LogP contribution in [0.15, 0.2) is 0 Å². The Labute approximate surface area is 90.7 Å². The van der Waals surface area contributed by atoms with Crippen LogP contribution in [0.25, 0.3) is 0 Å². The lowest BCUT2D eigenvalue weighted by Crippen LogP contribution is -2.17. The zero-order valence-corrected chi connectivity index (χ0v) is 9.67. The van der Waals surface area contributed by atoms with Gasteiger partial charge < -0.3 is 10.2 Å².